The highest BCUT2D eigenvalue weighted by Crippen LogP contribution is 2.27. The molecule has 0 amide bonds. The number of aliphatic hydroxyl groups is 1. The number of aryl methyl sites for hydroxylation is 2. The first-order chi connectivity index (χ1) is 9.56. The molecule has 0 fully saturated rings. The predicted octanol–water partition coefficient (Wildman–Crippen LogP) is 3.64. The molecule has 0 bridgehead atoms. The van der Waals surface area contributed by atoms with Crippen LogP contribution in [0.15, 0.2) is 28.7 Å². The Balaban J connectivity index is 2.27. The lowest BCUT2D eigenvalue weighted by Crippen LogP contribution is -2.09. The largest absolute Gasteiger partial charge is 0.388 e. The van der Waals surface area contributed by atoms with Crippen LogP contribution in [0.2, 0.25) is 0 Å². The van der Waals surface area contributed by atoms with Gasteiger partial charge in [0.15, 0.2) is 0 Å². The molecule has 0 radical (unpaired) electrons. The van der Waals surface area contributed by atoms with Gasteiger partial charge in [-0.05, 0) is 47.0 Å². The maximum absolute atomic E-state index is 13.2. The first-order valence-electron chi connectivity index (χ1n) is 6.74. The summed E-state index contributed by atoms with van der Waals surface area (Å²) in [6.07, 6.45) is 0.496. The van der Waals surface area contributed by atoms with Crippen molar-refractivity contribution in [3.05, 3.63) is 51.5 Å². The molecule has 2 aromatic rings. The number of hydrogen-bond acceptors (Lipinski definition) is 2. The molecule has 0 saturated heterocycles. The van der Waals surface area contributed by atoms with Crippen LogP contribution in [0.3, 0.4) is 0 Å². The van der Waals surface area contributed by atoms with Crippen LogP contribution >= 0.6 is 15.9 Å². The molecule has 1 heterocycles. The Kier molecular flexibility index (Phi) is 4.94. The van der Waals surface area contributed by atoms with Crippen LogP contribution in [0.4, 0.5) is 4.39 Å². The van der Waals surface area contributed by atoms with Crippen LogP contribution in [0, 0.1) is 5.82 Å². The van der Waals surface area contributed by atoms with E-state index in [-0.39, 0.29) is 5.82 Å². The lowest BCUT2D eigenvalue weighted by atomic mass is 10.0. The number of benzene rings is 1. The van der Waals surface area contributed by atoms with E-state index in [4.69, 9.17) is 0 Å². The van der Waals surface area contributed by atoms with Crippen LogP contribution in [0.5, 0.6) is 0 Å². The SMILES string of the molecule is CCc1nn(CC)c(CC(O)c2cccc(F)c2)c1Br. The minimum absolute atomic E-state index is 0.334. The molecule has 1 aromatic carbocycles. The van der Waals surface area contributed by atoms with Gasteiger partial charge in [-0.1, -0.05) is 19.1 Å². The number of aliphatic hydroxyl groups excluding tert-OH is 1. The zero-order valence-corrected chi connectivity index (χ0v) is 13.2. The summed E-state index contributed by atoms with van der Waals surface area (Å²) in [5.41, 5.74) is 2.51. The molecule has 0 saturated carbocycles. The van der Waals surface area contributed by atoms with E-state index in [9.17, 15) is 9.50 Å². The van der Waals surface area contributed by atoms with Crippen LogP contribution in [-0.2, 0) is 19.4 Å². The Morgan fingerprint density at radius 2 is 2.15 bits per heavy atom. The molecule has 1 unspecified atom stereocenters. The highest BCUT2D eigenvalue weighted by atomic mass is 79.9. The highest BCUT2D eigenvalue weighted by Gasteiger charge is 2.18. The minimum atomic E-state index is -0.742. The number of aromatic nitrogens is 2. The summed E-state index contributed by atoms with van der Waals surface area (Å²) in [5, 5.41) is 14.8. The smallest absolute Gasteiger partial charge is 0.123 e. The molecule has 20 heavy (non-hydrogen) atoms. The topological polar surface area (TPSA) is 38.0 Å². The van der Waals surface area contributed by atoms with E-state index in [0.717, 1.165) is 28.8 Å². The zero-order valence-electron chi connectivity index (χ0n) is 11.6. The number of halogens is 2. The van der Waals surface area contributed by atoms with Gasteiger partial charge < -0.3 is 5.11 Å². The Morgan fingerprint density at radius 3 is 2.75 bits per heavy atom. The first-order valence-corrected chi connectivity index (χ1v) is 7.53. The summed E-state index contributed by atoms with van der Waals surface area (Å²) in [7, 11) is 0. The van der Waals surface area contributed by atoms with Gasteiger partial charge in [-0.2, -0.15) is 5.10 Å². The maximum Gasteiger partial charge on any atom is 0.123 e. The fourth-order valence-electron chi connectivity index (χ4n) is 2.23. The zero-order chi connectivity index (χ0) is 14.7. The van der Waals surface area contributed by atoms with Gasteiger partial charge in [-0.3, -0.25) is 4.68 Å². The highest BCUT2D eigenvalue weighted by molar-refractivity contribution is 9.10. The summed E-state index contributed by atoms with van der Waals surface area (Å²) in [6, 6.07) is 6.08. The van der Waals surface area contributed by atoms with Crippen LogP contribution in [-0.4, -0.2) is 14.9 Å². The molecule has 3 nitrogen and oxygen atoms in total. The minimum Gasteiger partial charge on any atom is -0.388 e. The third kappa shape index (κ3) is 3.10. The lowest BCUT2D eigenvalue weighted by Gasteiger charge is -2.12. The lowest BCUT2D eigenvalue weighted by molar-refractivity contribution is 0.174. The summed E-state index contributed by atoms with van der Waals surface area (Å²) < 4.78 is 16.0. The monoisotopic (exact) mass is 340 g/mol. The van der Waals surface area contributed by atoms with Gasteiger partial charge in [0, 0.05) is 13.0 Å². The van der Waals surface area contributed by atoms with E-state index in [1.807, 2.05) is 18.5 Å². The molecule has 0 aliphatic carbocycles. The normalized spacial score (nSPS) is 12.7. The van der Waals surface area contributed by atoms with Gasteiger partial charge >= 0.3 is 0 Å². The van der Waals surface area contributed by atoms with Crippen molar-refractivity contribution < 1.29 is 9.50 Å². The second kappa shape index (κ2) is 6.50. The van der Waals surface area contributed by atoms with Crippen molar-refractivity contribution in [2.45, 2.75) is 39.3 Å². The second-order valence-electron chi connectivity index (χ2n) is 4.65. The van der Waals surface area contributed by atoms with Crippen molar-refractivity contribution in [3.63, 3.8) is 0 Å². The number of hydrogen-bond donors (Lipinski definition) is 1. The quantitative estimate of drug-likeness (QED) is 0.902. The van der Waals surface area contributed by atoms with Crippen molar-refractivity contribution in [1.29, 1.82) is 0 Å². The maximum atomic E-state index is 13.2. The average molecular weight is 341 g/mol. The molecule has 0 spiro atoms. The van der Waals surface area contributed by atoms with Crippen molar-refractivity contribution in [1.82, 2.24) is 9.78 Å². The molecule has 108 valence electrons. The van der Waals surface area contributed by atoms with E-state index in [0.29, 0.717) is 12.0 Å². The summed E-state index contributed by atoms with van der Waals surface area (Å²) in [5.74, 6) is -0.334. The fraction of sp³-hybridized carbons (Fsp3) is 0.400. The van der Waals surface area contributed by atoms with Crippen molar-refractivity contribution in [2.24, 2.45) is 0 Å². The van der Waals surface area contributed by atoms with E-state index >= 15 is 0 Å². The van der Waals surface area contributed by atoms with Crippen molar-refractivity contribution in [3.8, 4) is 0 Å². The predicted molar refractivity (Wildman–Crippen MR) is 80.0 cm³/mol. The Hall–Kier alpha value is -1.20. The summed E-state index contributed by atoms with van der Waals surface area (Å²) >= 11 is 3.55. The van der Waals surface area contributed by atoms with E-state index in [1.165, 1.54) is 12.1 Å². The summed E-state index contributed by atoms with van der Waals surface area (Å²) in [6.45, 7) is 4.79. The summed E-state index contributed by atoms with van der Waals surface area (Å²) in [4.78, 5) is 0. The Morgan fingerprint density at radius 1 is 1.40 bits per heavy atom. The van der Waals surface area contributed by atoms with Crippen molar-refractivity contribution >= 4 is 15.9 Å². The van der Waals surface area contributed by atoms with Gasteiger partial charge in [0.25, 0.3) is 0 Å². The fourth-order valence-corrected chi connectivity index (χ4v) is 2.95. The van der Waals surface area contributed by atoms with E-state index < -0.39 is 6.10 Å². The van der Waals surface area contributed by atoms with Crippen LogP contribution in [0.1, 0.15) is 36.9 Å². The Bertz CT molecular complexity index is 598. The standard InChI is InChI=1S/C15H18BrFN2O/c1-3-12-15(16)13(19(4-2)18-12)9-14(20)10-6-5-7-11(17)8-10/h5-8,14,20H,3-4,9H2,1-2H3. The molecule has 0 aliphatic rings. The van der Waals surface area contributed by atoms with Gasteiger partial charge in [0.05, 0.1) is 22.0 Å². The molecule has 5 heteroatoms. The second-order valence-corrected chi connectivity index (χ2v) is 5.44. The van der Waals surface area contributed by atoms with E-state index in [1.54, 1.807) is 12.1 Å². The molecular weight excluding hydrogens is 323 g/mol. The molecular formula is C15H18BrFN2O. The van der Waals surface area contributed by atoms with Crippen molar-refractivity contribution in [2.75, 3.05) is 0 Å². The Labute approximate surface area is 126 Å². The van der Waals surface area contributed by atoms with E-state index in [2.05, 4.69) is 21.0 Å². The molecule has 1 atom stereocenters. The van der Waals surface area contributed by atoms with Gasteiger partial charge in [0.1, 0.15) is 5.82 Å². The van der Waals surface area contributed by atoms with Gasteiger partial charge in [-0.25, -0.2) is 4.39 Å². The van der Waals surface area contributed by atoms with Gasteiger partial charge in [0.2, 0.25) is 0 Å². The molecule has 2 rings (SSSR count). The number of nitrogens with zero attached hydrogens (tertiary/aromatic N) is 2. The molecule has 0 aliphatic heterocycles. The molecule has 1 aromatic heterocycles. The number of rotatable bonds is 5. The third-order valence-electron chi connectivity index (χ3n) is 3.31. The molecule has 1 N–H and O–H groups in total. The average Bonchev–Trinajstić information content (AvgIpc) is 2.75. The first kappa shape index (κ1) is 15.2. The van der Waals surface area contributed by atoms with Gasteiger partial charge in [-0.15, -0.1) is 0 Å². The van der Waals surface area contributed by atoms with Crippen LogP contribution in [0.25, 0.3) is 0 Å². The third-order valence-corrected chi connectivity index (χ3v) is 4.23. The van der Waals surface area contributed by atoms with Crippen LogP contribution < -0.4 is 0 Å².